The Kier molecular flexibility index (Phi) is 8.01. The zero-order valence-electron chi connectivity index (χ0n) is 17.6. The molecule has 0 atom stereocenters. The zero-order chi connectivity index (χ0) is 22.9. The van der Waals surface area contributed by atoms with Crippen molar-refractivity contribution >= 4 is 29.2 Å². The molecule has 0 radical (unpaired) electrons. The second-order valence-electron chi connectivity index (χ2n) is 7.03. The molecule has 2 aromatic carbocycles. The highest BCUT2D eigenvalue weighted by Crippen LogP contribution is 2.23. The first kappa shape index (κ1) is 23.0. The van der Waals surface area contributed by atoms with Crippen LogP contribution in [0.5, 0.6) is 0 Å². The molecule has 0 saturated heterocycles. The number of hydrogen-bond donors (Lipinski definition) is 0. The van der Waals surface area contributed by atoms with Crippen LogP contribution in [0.25, 0.3) is 11.3 Å². The van der Waals surface area contributed by atoms with E-state index in [1.807, 2.05) is 43.3 Å². The molecular formula is C24H22ClN3O4. The Morgan fingerprint density at radius 1 is 1.22 bits per heavy atom. The molecule has 1 heterocycles. The van der Waals surface area contributed by atoms with Gasteiger partial charge in [-0.15, -0.1) is 0 Å². The molecule has 0 N–H and O–H groups in total. The maximum absolute atomic E-state index is 12.7. The smallest absolute Gasteiger partial charge is 0.306 e. The lowest BCUT2D eigenvalue weighted by molar-refractivity contribution is -0.147. The van der Waals surface area contributed by atoms with Crippen LogP contribution in [-0.4, -0.2) is 30.0 Å². The van der Waals surface area contributed by atoms with Gasteiger partial charge in [0.15, 0.2) is 18.3 Å². The van der Waals surface area contributed by atoms with Gasteiger partial charge in [0.1, 0.15) is 0 Å². The predicted octanol–water partition coefficient (Wildman–Crippen LogP) is 4.73. The second kappa shape index (κ2) is 11.1. The van der Waals surface area contributed by atoms with Crippen molar-refractivity contribution < 1.29 is 18.7 Å². The van der Waals surface area contributed by atoms with Gasteiger partial charge in [-0.05, 0) is 30.7 Å². The van der Waals surface area contributed by atoms with E-state index in [2.05, 4.69) is 4.98 Å². The standard InChI is InChI=1S/C24H22ClN3O4/c1-17-14-19(8-9-20(17)25)28(13-5-12-26)23(29)16-31-24(30)11-10-22-27-15-21(32-22)18-6-3-2-4-7-18/h2-4,6-9,14-15H,5,10-11,13,16H2,1H3. The second-order valence-corrected chi connectivity index (χ2v) is 7.44. The fourth-order valence-electron chi connectivity index (χ4n) is 3.02. The number of carbonyl (C=O) groups excluding carboxylic acids is 2. The number of oxazole rings is 1. The maximum atomic E-state index is 12.7. The van der Waals surface area contributed by atoms with Gasteiger partial charge in [0, 0.05) is 29.2 Å². The van der Waals surface area contributed by atoms with E-state index in [1.165, 1.54) is 4.90 Å². The van der Waals surface area contributed by atoms with Gasteiger partial charge in [-0.3, -0.25) is 9.59 Å². The third-order valence-corrected chi connectivity index (χ3v) is 5.14. The summed E-state index contributed by atoms with van der Waals surface area (Å²) in [4.78, 5) is 30.4. The first-order valence-corrected chi connectivity index (χ1v) is 10.4. The van der Waals surface area contributed by atoms with E-state index < -0.39 is 18.5 Å². The van der Waals surface area contributed by atoms with Crippen LogP contribution in [-0.2, 0) is 20.7 Å². The average molecular weight is 452 g/mol. The lowest BCUT2D eigenvalue weighted by atomic mass is 10.2. The van der Waals surface area contributed by atoms with Crippen LogP contribution in [0, 0.1) is 18.3 Å². The lowest BCUT2D eigenvalue weighted by Gasteiger charge is -2.22. The van der Waals surface area contributed by atoms with Crippen molar-refractivity contribution in [2.45, 2.75) is 26.2 Å². The molecule has 1 aromatic heterocycles. The fourth-order valence-corrected chi connectivity index (χ4v) is 3.14. The summed E-state index contributed by atoms with van der Waals surface area (Å²) >= 11 is 6.06. The Labute approximate surface area is 191 Å². The number of rotatable bonds is 9. The van der Waals surface area contributed by atoms with Gasteiger partial charge in [0.25, 0.3) is 5.91 Å². The van der Waals surface area contributed by atoms with Crippen molar-refractivity contribution in [1.82, 2.24) is 4.98 Å². The first-order chi connectivity index (χ1) is 15.5. The van der Waals surface area contributed by atoms with Crippen LogP contribution >= 0.6 is 11.6 Å². The van der Waals surface area contributed by atoms with E-state index in [-0.39, 0.29) is 25.8 Å². The summed E-state index contributed by atoms with van der Waals surface area (Å²) in [5.41, 5.74) is 2.29. The predicted molar refractivity (Wildman–Crippen MR) is 120 cm³/mol. The van der Waals surface area contributed by atoms with Gasteiger partial charge < -0.3 is 14.1 Å². The van der Waals surface area contributed by atoms with Crippen molar-refractivity contribution in [3.05, 3.63) is 71.2 Å². The molecule has 164 valence electrons. The summed E-state index contributed by atoms with van der Waals surface area (Å²) in [6.45, 7) is 1.59. The van der Waals surface area contributed by atoms with Gasteiger partial charge in [0.2, 0.25) is 0 Å². The molecule has 0 fully saturated rings. The number of nitriles is 1. The number of anilines is 1. The van der Waals surface area contributed by atoms with Crippen LogP contribution in [0.15, 0.2) is 59.1 Å². The summed E-state index contributed by atoms with van der Waals surface area (Å²) < 4.78 is 10.8. The minimum atomic E-state index is -0.537. The first-order valence-electron chi connectivity index (χ1n) is 10.1. The summed E-state index contributed by atoms with van der Waals surface area (Å²) in [6.07, 6.45) is 2.05. The van der Waals surface area contributed by atoms with Crippen LogP contribution < -0.4 is 4.90 Å². The third-order valence-electron chi connectivity index (χ3n) is 4.71. The van der Waals surface area contributed by atoms with Crippen molar-refractivity contribution in [2.24, 2.45) is 0 Å². The number of hydrogen-bond acceptors (Lipinski definition) is 6. The van der Waals surface area contributed by atoms with Crippen molar-refractivity contribution in [3.8, 4) is 17.4 Å². The fraction of sp³-hybridized carbons (Fsp3) is 0.250. The Bertz CT molecular complexity index is 1120. The molecular weight excluding hydrogens is 430 g/mol. The van der Waals surface area contributed by atoms with Crippen molar-refractivity contribution in [1.29, 1.82) is 5.26 Å². The maximum Gasteiger partial charge on any atom is 0.306 e. The van der Waals surface area contributed by atoms with Gasteiger partial charge in [0.05, 0.1) is 25.1 Å². The normalized spacial score (nSPS) is 10.4. The van der Waals surface area contributed by atoms with E-state index in [1.54, 1.807) is 24.4 Å². The van der Waals surface area contributed by atoms with Gasteiger partial charge in [-0.2, -0.15) is 5.26 Å². The molecule has 8 heteroatoms. The number of halogens is 1. The Morgan fingerprint density at radius 3 is 2.72 bits per heavy atom. The number of aromatic nitrogens is 1. The highest BCUT2D eigenvalue weighted by Gasteiger charge is 2.18. The number of ether oxygens (including phenoxy) is 1. The highest BCUT2D eigenvalue weighted by atomic mass is 35.5. The summed E-state index contributed by atoms with van der Waals surface area (Å²) in [6, 6.07) is 16.7. The minimum absolute atomic E-state index is 0.0280. The molecule has 0 unspecified atom stereocenters. The molecule has 0 aliphatic carbocycles. The molecule has 0 aliphatic rings. The number of amides is 1. The van der Waals surface area contributed by atoms with E-state index in [4.69, 9.17) is 26.0 Å². The SMILES string of the molecule is Cc1cc(N(CCC#N)C(=O)COC(=O)CCc2ncc(-c3ccccc3)o2)ccc1Cl. The molecule has 0 spiro atoms. The van der Waals surface area contributed by atoms with E-state index >= 15 is 0 Å². The summed E-state index contributed by atoms with van der Waals surface area (Å²) in [5, 5.41) is 9.48. The Morgan fingerprint density at radius 2 is 2.00 bits per heavy atom. The van der Waals surface area contributed by atoms with Crippen molar-refractivity contribution in [2.75, 3.05) is 18.1 Å². The molecule has 0 aliphatic heterocycles. The zero-order valence-corrected chi connectivity index (χ0v) is 18.3. The highest BCUT2D eigenvalue weighted by molar-refractivity contribution is 6.31. The lowest BCUT2D eigenvalue weighted by Crippen LogP contribution is -2.35. The molecule has 0 saturated carbocycles. The monoisotopic (exact) mass is 451 g/mol. The van der Waals surface area contributed by atoms with Crippen LogP contribution in [0.3, 0.4) is 0 Å². The average Bonchev–Trinajstić information content (AvgIpc) is 3.28. The quantitative estimate of drug-likeness (QED) is 0.436. The van der Waals surface area contributed by atoms with E-state index in [0.29, 0.717) is 22.4 Å². The van der Waals surface area contributed by atoms with E-state index in [0.717, 1.165) is 11.1 Å². The Balaban J connectivity index is 1.53. The van der Waals surface area contributed by atoms with Crippen molar-refractivity contribution in [3.63, 3.8) is 0 Å². The largest absolute Gasteiger partial charge is 0.456 e. The number of carbonyl (C=O) groups is 2. The topological polar surface area (TPSA) is 96.4 Å². The molecule has 3 aromatic rings. The molecule has 32 heavy (non-hydrogen) atoms. The molecule has 7 nitrogen and oxygen atoms in total. The number of benzene rings is 2. The number of esters is 1. The Hall–Kier alpha value is -3.63. The van der Waals surface area contributed by atoms with Gasteiger partial charge >= 0.3 is 5.97 Å². The van der Waals surface area contributed by atoms with Crippen LogP contribution in [0.2, 0.25) is 5.02 Å². The van der Waals surface area contributed by atoms with Crippen LogP contribution in [0.4, 0.5) is 5.69 Å². The minimum Gasteiger partial charge on any atom is -0.456 e. The number of nitrogens with zero attached hydrogens (tertiary/aromatic N) is 3. The molecule has 3 rings (SSSR count). The van der Waals surface area contributed by atoms with Gasteiger partial charge in [-0.1, -0.05) is 41.9 Å². The summed E-state index contributed by atoms with van der Waals surface area (Å²) in [5.74, 6) is 0.0816. The van der Waals surface area contributed by atoms with Gasteiger partial charge in [-0.25, -0.2) is 4.98 Å². The third kappa shape index (κ3) is 6.19. The van der Waals surface area contributed by atoms with Crippen LogP contribution in [0.1, 0.15) is 24.3 Å². The molecule has 0 bridgehead atoms. The summed E-state index contributed by atoms with van der Waals surface area (Å²) in [7, 11) is 0. The number of aryl methyl sites for hydroxylation is 2. The van der Waals surface area contributed by atoms with E-state index in [9.17, 15) is 9.59 Å². The molecule has 1 amide bonds.